The maximum Gasteiger partial charge on any atom is 0.226 e. The molecular weight excluding hydrogens is 472 g/mol. The summed E-state index contributed by atoms with van der Waals surface area (Å²) in [6, 6.07) is 28.7. The summed E-state index contributed by atoms with van der Waals surface area (Å²) in [6.45, 7) is 6.76. The van der Waals surface area contributed by atoms with Gasteiger partial charge in [-0.25, -0.2) is 4.98 Å². The molecule has 1 aromatic heterocycles. The molecule has 0 bridgehead atoms. The van der Waals surface area contributed by atoms with Crippen molar-refractivity contribution in [3.05, 3.63) is 119 Å². The Hall–Kier alpha value is -3.96. The fourth-order valence-corrected chi connectivity index (χ4v) is 5.08. The maximum absolute atomic E-state index is 12.4. The van der Waals surface area contributed by atoms with Crippen molar-refractivity contribution < 1.29 is 13.9 Å². The highest BCUT2D eigenvalue weighted by atomic mass is 16.5. The first-order chi connectivity index (χ1) is 18.5. The molecule has 5 nitrogen and oxygen atoms in total. The molecule has 1 aliphatic heterocycles. The van der Waals surface area contributed by atoms with Crippen LogP contribution in [-0.2, 0) is 24.2 Å². The zero-order chi connectivity index (χ0) is 26.3. The molecular formula is C33H34N2O3. The predicted octanol–water partition coefficient (Wildman–Crippen LogP) is 6.61. The minimum atomic E-state index is 0.185. The Morgan fingerprint density at radius 2 is 1.71 bits per heavy atom. The van der Waals surface area contributed by atoms with Gasteiger partial charge in [-0.15, -0.1) is 0 Å². The summed E-state index contributed by atoms with van der Waals surface area (Å²) < 4.78 is 12.0. The molecule has 0 spiro atoms. The summed E-state index contributed by atoms with van der Waals surface area (Å²) in [5.41, 5.74) is 6.53. The minimum absolute atomic E-state index is 0.185. The topological polar surface area (TPSA) is 55.6 Å². The number of hydrogen-bond acceptors (Lipinski definition) is 5. The lowest BCUT2D eigenvalue weighted by Gasteiger charge is -2.30. The molecule has 5 heteroatoms. The molecule has 4 aromatic rings. The summed E-state index contributed by atoms with van der Waals surface area (Å²) in [6.07, 6.45) is 2.22. The van der Waals surface area contributed by atoms with Crippen LogP contribution in [0, 0.1) is 6.92 Å². The number of carbonyl (C=O) groups is 1. The van der Waals surface area contributed by atoms with Crippen LogP contribution in [0.25, 0.3) is 11.5 Å². The second kappa shape index (κ2) is 12.1. The molecule has 38 heavy (non-hydrogen) atoms. The molecule has 0 saturated heterocycles. The molecule has 0 saturated carbocycles. The molecule has 0 N–H and O–H groups in total. The van der Waals surface area contributed by atoms with Crippen molar-refractivity contribution in [3.63, 3.8) is 0 Å². The minimum Gasteiger partial charge on any atom is -0.493 e. The highest BCUT2D eigenvalue weighted by Crippen LogP contribution is 2.26. The van der Waals surface area contributed by atoms with E-state index >= 15 is 0 Å². The standard InChI is InChI=1S/C33H34N2O3/c1-24(36)31-16-18-35(22-26-10-5-3-6-11-26)23-29(31)20-27-12-9-15-30(21-27)37-19-17-32-25(2)38-33(34-32)28-13-7-4-8-14-28/h3-15,21H,16-20,22-23H2,1-2H3. The first kappa shape index (κ1) is 25.7. The van der Waals surface area contributed by atoms with E-state index in [1.807, 2.05) is 55.5 Å². The molecule has 194 valence electrons. The number of aryl methyl sites for hydroxylation is 1. The van der Waals surface area contributed by atoms with Crippen molar-refractivity contribution in [1.29, 1.82) is 0 Å². The van der Waals surface area contributed by atoms with Crippen molar-refractivity contribution in [3.8, 4) is 17.2 Å². The van der Waals surface area contributed by atoms with E-state index in [0.717, 1.165) is 66.4 Å². The molecule has 5 rings (SSSR count). The predicted molar refractivity (Wildman–Crippen MR) is 150 cm³/mol. The van der Waals surface area contributed by atoms with Crippen LogP contribution in [0.4, 0.5) is 0 Å². The number of ether oxygens (including phenoxy) is 1. The van der Waals surface area contributed by atoms with Crippen molar-refractivity contribution in [2.45, 2.75) is 39.7 Å². The molecule has 3 aromatic carbocycles. The van der Waals surface area contributed by atoms with Gasteiger partial charge in [-0.2, -0.15) is 0 Å². The van der Waals surface area contributed by atoms with Gasteiger partial charge in [0.2, 0.25) is 5.89 Å². The number of benzene rings is 3. The molecule has 0 aliphatic carbocycles. The number of ketones is 1. The van der Waals surface area contributed by atoms with Gasteiger partial charge in [-0.3, -0.25) is 9.69 Å². The van der Waals surface area contributed by atoms with E-state index in [-0.39, 0.29) is 5.78 Å². The van der Waals surface area contributed by atoms with Gasteiger partial charge in [-0.05, 0) is 73.2 Å². The van der Waals surface area contributed by atoms with Gasteiger partial charge in [0.1, 0.15) is 11.5 Å². The molecule has 0 fully saturated rings. The van der Waals surface area contributed by atoms with Crippen molar-refractivity contribution >= 4 is 5.78 Å². The third kappa shape index (κ3) is 6.48. The Kier molecular flexibility index (Phi) is 8.15. The van der Waals surface area contributed by atoms with E-state index in [1.165, 1.54) is 11.1 Å². The Bertz CT molecular complexity index is 1410. The van der Waals surface area contributed by atoms with E-state index in [9.17, 15) is 4.79 Å². The van der Waals surface area contributed by atoms with Gasteiger partial charge >= 0.3 is 0 Å². The second-order valence-corrected chi connectivity index (χ2v) is 9.90. The number of carbonyl (C=O) groups excluding carboxylic acids is 1. The van der Waals surface area contributed by atoms with Gasteiger partial charge in [0.25, 0.3) is 0 Å². The van der Waals surface area contributed by atoms with E-state index in [2.05, 4.69) is 46.3 Å². The smallest absolute Gasteiger partial charge is 0.226 e. The van der Waals surface area contributed by atoms with E-state index in [1.54, 1.807) is 6.92 Å². The lowest BCUT2D eigenvalue weighted by atomic mass is 9.92. The van der Waals surface area contributed by atoms with Crippen LogP contribution in [0.3, 0.4) is 0 Å². The SMILES string of the molecule is CC(=O)C1=C(Cc2cccc(OCCc3nc(-c4ccccc4)oc3C)c2)CN(Cc2ccccc2)CC1. The largest absolute Gasteiger partial charge is 0.493 e. The number of nitrogens with zero attached hydrogens (tertiary/aromatic N) is 2. The van der Waals surface area contributed by atoms with E-state index in [0.29, 0.717) is 18.9 Å². The van der Waals surface area contributed by atoms with Gasteiger partial charge < -0.3 is 9.15 Å². The van der Waals surface area contributed by atoms with Crippen LogP contribution in [0.5, 0.6) is 5.75 Å². The summed E-state index contributed by atoms with van der Waals surface area (Å²) in [7, 11) is 0. The maximum atomic E-state index is 12.4. The fraction of sp³-hybridized carbons (Fsp3) is 0.273. The van der Waals surface area contributed by atoms with Gasteiger partial charge in [0, 0.05) is 31.6 Å². The number of hydrogen-bond donors (Lipinski definition) is 0. The molecule has 0 radical (unpaired) electrons. The Morgan fingerprint density at radius 1 is 0.974 bits per heavy atom. The van der Waals surface area contributed by atoms with Gasteiger partial charge in [0.15, 0.2) is 5.78 Å². The third-order valence-electron chi connectivity index (χ3n) is 7.03. The summed E-state index contributed by atoms with van der Waals surface area (Å²) in [5.74, 6) is 2.48. The van der Waals surface area contributed by atoms with Crippen LogP contribution in [0.1, 0.15) is 35.9 Å². The van der Waals surface area contributed by atoms with Crippen LogP contribution < -0.4 is 4.74 Å². The summed E-state index contributed by atoms with van der Waals surface area (Å²) >= 11 is 0. The highest BCUT2D eigenvalue weighted by Gasteiger charge is 2.22. The van der Waals surface area contributed by atoms with Gasteiger partial charge in [0.05, 0.1) is 12.3 Å². The number of Topliss-reactive ketones (excluding diaryl/α,β-unsaturated/α-hetero) is 1. The molecule has 0 unspecified atom stereocenters. The van der Waals surface area contributed by atoms with Crippen molar-refractivity contribution in [2.24, 2.45) is 0 Å². The van der Waals surface area contributed by atoms with E-state index < -0.39 is 0 Å². The number of rotatable bonds is 10. The van der Waals surface area contributed by atoms with Crippen LogP contribution in [-0.4, -0.2) is 35.4 Å². The second-order valence-electron chi connectivity index (χ2n) is 9.90. The fourth-order valence-electron chi connectivity index (χ4n) is 5.08. The van der Waals surface area contributed by atoms with Gasteiger partial charge in [-0.1, -0.05) is 60.7 Å². The first-order valence-electron chi connectivity index (χ1n) is 13.3. The average molecular weight is 507 g/mol. The lowest BCUT2D eigenvalue weighted by molar-refractivity contribution is -0.114. The highest BCUT2D eigenvalue weighted by molar-refractivity contribution is 5.94. The summed E-state index contributed by atoms with van der Waals surface area (Å²) in [5, 5.41) is 0. The van der Waals surface area contributed by atoms with Crippen LogP contribution >= 0.6 is 0 Å². The zero-order valence-corrected chi connectivity index (χ0v) is 22.2. The third-order valence-corrected chi connectivity index (χ3v) is 7.03. The molecule has 0 amide bonds. The lowest BCUT2D eigenvalue weighted by Crippen LogP contribution is -2.33. The monoisotopic (exact) mass is 506 g/mol. The quantitative estimate of drug-likeness (QED) is 0.242. The average Bonchev–Trinajstić information content (AvgIpc) is 3.30. The molecule has 1 aliphatic rings. The molecule has 0 atom stereocenters. The van der Waals surface area contributed by atoms with E-state index in [4.69, 9.17) is 9.15 Å². The Labute approximate surface area is 224 Å². The molecule has 2 heterocycles. The van der Waals surface area contributed by atoms with Crippen molar-refractivity contribution in [1.82, 2.24) is 9.88 Å². The van der Waals surface area contributed by atoms with Crippen molar-refractivity contribution in [2.75, 3.05) is 19.7 Å². The Morgan fingerprint density at radius 3 is 2.47 bits per heavy atom. The zero-order valence-electron chi connectivity index (χ0n) is 22.2. The summed E-state index contributed by atoms with van der Waals surface area (Å²) in [4.78, 5) is 19.5. The normalized spacial score (nSPS) is 14.1. The van der Waals surface area contributed by atoms with Crippen LogP contribution in [0.2, 0.25) is 0 Å². The first-order valence-corrected chi connectivity index (χ1v) is 13.3. The number of aromatic nitrogens is 1. The Balaban J connectivity index is 1.21. The number of oxazole rings is 1. The van der Waals surface area contributed by atoms with Crippen LogP contribution in [0.15, 0.2) is 100 Å².